The molecule has 0 aliphatic heterocycles. The van der Waals surface area contributed by atoms with Gasteiger partial charge >= 0.3 is 6.18 Å². The van der Waals surface area contributed by atoms with Crippen LogP contribution in [0.15, 0.2) is 30.3 Å². The molecule has 126 valence electrons. The first kappa shape index (κ1) is 17.5. The molecule has 0 atom stereocenters. The van der Waals surface area contributed by atoms with E-state index in [-0.39, 0.29) is 11.8 Å². The van der Waals surface area contributed by atoms with Crippen LogP contribution in [0.4, 0.5) is 30.6 Å². The van der Waals surface area contributed by atoms with E-state index in [9.17, 15) is 13.2 Å². The first-order chi connectivity index (χ1) is 11.1. The van der Waals surface area contributed by atoms with E-state index in [0.29, 0.717) is 11.3 Å². The van der Waals surface area contributed by atoms with Crippen molar-refractivity contribution in [2.24, 2.45) is 0 Å². The molecule has 1 aromatic heterocycles. The molecule has 1 heterocycles. The quantitative estimate of drug-likeness (QED) is 0.874. The van der Waals surface area contributed by atoms with Gasteiger partial charge in [-0.25, -0.2) is 4.98 Å². The van der Waals surface area contributed by atoms with Crippen molar-refractivity contribution in [3.05, 3.63) is 41.6 Å². The van der Waals surface area contributed by atoms with E-state index in [1.807, 2.05) is 6.07 Å². The van der Waals surface area contributed by atoms with E-state index in [4.69, 9.17) is 5.26 Å². The third-order valence-electron chi connectivity index (χ3n) is 2.81. The van der Waals surface area contributed by atoms with Crippen LogP contribution < -0.4 is 10.6 Å². The Morgan fingerprint density at radius 2 is 1.75 bits per heavy atom. The van der Waals surface area contributed by atoms with E-state index in [0.717, 1.165) is 6.07 Å². The fourth-order valence-electron chi connectivity index (χ4n) is 1.88. The number of para-hydroxylation sites is 1. The Morgan fingerprint density at radius 3 is 2.33 bits per heavy atom. The summed E-state index contributed by atoms with van der Waals surface area (Å²) in [5.41, 5.74) is -0.906. The molecular formula is C16H16F3N5. The number of alkyl halides is 3. The Bertz CT molecular complexity index is 773. The average molecular weight is 335 g/mol. The maximum absolute atomic E-state index is 13.1. The van der Waals surface area contributed by atoms with Gasteiger partial charge in [-0.1, -0.05) is 12.1 Å². The molecule has 1 aromatic carbocycles. The lowest BCUT2D eigenvalue weighted by Crippen LogP contribution is -2.28. The number of nitrogens with zero attached hydrogens (tertiary/aromatic N) is 3. The lowest BCUT2D eigenvalue weighted by Gasteiger charge is -2.21. The minimum absolute atomic E-state index is 0.0493. The van der Waals surface area contributed by atoms with Gasteiger partial charge in [0, 0.05) is 11.6 Å². The summed E-state index contributed by atoms with van der Waals surface area (Å²) in [7, 11) is 0. The van der Waals surface area contributed by atoms with Crippen LogP contribution in [0.1, 0.15) is 32.0 Å². The largest absolute Gasteiger partial charge is 0.433 e. The van der Waals surface area contributed by atoms with E-state index in [1.165, 1.54) is 0 Å². The SMILES string of the molecule is CC(C)(C)Nc1nc(Nc2ccccc2C#N)cc(C(F)(F)F)n1. The summed E-state index contributed by atoms with van der Waals surface area (Å²) < 4.78 is 39.2. The van der Waals surface area contributed by atoms with Crippen molar-refractivity contribution in [1.29, 1.82) is 5.26 Å². The first-order valence-corrected chi connectivity index (χ1v) is 7.09. The molecule has 0 radical (unpaired) electrons. The summed E-state index contributed by atoms with van der Waals surface area (Å²) in [5.74, 6) is -0.193. The maximum atomic E-state index is 13.1. The fraction of sp³-hybridized carbons (Fsp3) is 0.312. The minimum Gasteiger partial charge on any atom is -0.350 e. The van der Waals surface area contributed by atoms with Gasteiger partial charge in [0.15, 0.2) is 5.69 Å². The molecule has 0 bridgehead atoms. The zero-order chi connectivity index (χ0) is 18.0. The molecule has 5 nitrogen and oxygen atoms in total. The lowest BCUT2D eigenvalue weighted by molar-refractivity contribution is -0.141. The number of rotatable bonds is 3. The van der Waals surface area contributed by atoms with E-state index >= 15 is 0 Å². The second-order valence-corrected chi connectivity index (χ2v) is 6.12. The van der Waals surface area contributed by atoms with Gasteiger partial charge in [0.2, 0.25) is 5.95 Å². The topological polar surface area (TPSA) is 73.6 Å². The number of hydrogen-bond donors (Lipinski definition) is 2. The molecule has 0 aliphatic carbocycles. The third-order valence-corrected chi connectivity index (χ3v) is 2.81. The summed E-state index contributed by atoms with van der Waals surface area (Å²) in [6.45, 7) is 5.36. The van der Waals surface area contributed by atoms with Gasteiger partial charge in [0.25, 0.3) is 0 Å². The zero-order valence-corrected chi connectivity index (χ0v) is 13.4. The van der Waals surface area contributed by atoms with Crippen LogP contribution in [0.5, 0.6) is 0 Å². The predicted octanol–water partition coefficient (Wildman–Crippen LogP) is 4.32. The Labute approximate surface area is 137 Å². The number of nitriles is 1. The second-order valence-electron chi connectivity index (χ2n) is 6.12. The molecule has 0 saturated carbocycles. The predicted molar refractivity (Wildman–Crippen MR) is 84.8 cm³/mol. The van der Waals surface area contributed by atoms with Gasteiger partial charge < -0.3 is 10.6 Å². The highest BCUT2D eigenvalue weighted by atomic mass is 19.4. The highest BCUT2D eigenvalue weighted by molar-refractivity contribution is 5.65. The Balaban J connectivity index is 2.45. The lowest BCUT2D eigenvalue weighted by atomic mass is 10.1. The number of aromatic nitrogens is 2. The molecule has 0 aliphatic rings. The molecule has 0 unspecified atom stereocenters. The Hall–Kier alpha value is -2.82. The highest BCUT2D eigenvalue weighted by Gasteiger charge is 2.34. The molecule has 2 rings (SSSR count). The molecule has 0 amide bonds. The molecule has 0 saturated heterocycles. The number of benzene rings is 1. The number of anilines is 3. The Morgan fingerprint density at radius 1 is 1.08 bits per heavy atom. The molecule has 0 fully saturated rings. The van der Waals surface area contributed by atoms with Crippen LogP contribution in [-0.2, 0) is 6.18 Å². The monoisotopic (exact) mass is 335 g/mol. The van der Waals surface area contributed by atoms with E-state index < -0.39 is 17.4 Å². The van der Waals surface area contributed by atoms with Crippen molar-refractivity contribution < 1.29 is 13.2 Å². The van der Waals surface area contributed by atoms with Crippen LogP contribution in [0.3, 0.4) is 0 Å². The fourth-order valence-corrected chi connectivity index (χ4v) is 1.88. The summed E-state index contributed by atoms with van der Waals surface area (Å²) in [5, 5.41) is 14.6. The summed E-state index contributed by atoms with van der Waals surface area (Å²) in [4.78, 5) is 7.58. The number of hydrogen-bond acceptors (Lipinski definition) is 5. The van der Waals surface area contributed by atoms with Crippen molar-refractivity contribution in [2.75, 3.05) is 10.6 Å². The summed E-state index contributed by atoms with van der Waals surface area (Å²) in [6, 6.07) is 9.26. The standard InChI is InChI=1S/C16H16F3N5/c1-15(2,3)24-14-22-12(16(17,18)19)8-13(23-14)21-11-7-5-4-6-10(11)9-20/h4-8H,1-3H3,(H2,21,22,23,24). The third kappa shape index (κ3) is 4.59. The molecule has 24 heavy (non-hydrogen) atoms. The van der Waals surface area contributed by atoms with Gasteiger partial charge in [0.05, 0.1) is 11.3 Å². The van der Waals surface area contributed by atoms with Crippen LogP contribution in [0, 0.1) is 11.3 Å². The molecular weight excluding hydrogens is 319 g/mol. The zero-order valence-electron chi connectivity index (χ0n) is 13.4. The van der Waals surface area contributed by atoms with Crippen molar-refractivity contribution in [3.63, 3.8) is 0 Å². The first-order valence-electron chi connectivity index (χ1n) is 7.09. The van der Waals surface area contributed by atoms with E-state index in [2.05, 4.69) is 20.6 Å². The van der Waals surface area contributed by atoms with Crippen LogP contribution in [-0.4, -0.2) is 15.5 Å². The number of halogens is 3. The normalized spacial score (nSPS) is 11.7. The van der Waals surface area contributed by atoms with Crippen molar-refractivity contribution in [3.8, 4) is 6.07 Å². The van der Waals surface area contributed by atoms with Crippen LogP contribution in [0.25, 0.3) is 0 Å². The maximum Gasteiger partial charge on any atom is 0.433 e. The van der Waals surface area contributed by atoms with Gasteiger partial charge in [-0.15, -0.1) is 0 Å². The molecule has 8 heteroatoms. The second kappa shape index (κ2) is 6.35. The van der Waals surface area contributed by atoms with Crippen molar-refractivity contribution >= 4 is 17.5 Å². The van der Waals surface area contributed by atoms with E-state index in [1.54, 1.807) is 45.0 Å². The molecule has 2 aromatic rings. The molecule has 2 N–H and O–H groups in total. The van der Waals surface area contributed by atoms with Gasteiger partial charge in [-0.05, 0) is 32.9 Å². The molecule has 0 spiro atoms. The van der Waals surface area contributed by atoms with Crippen molar-refractivity contribution in [1.82, 2.24) is 9.97 Å². The summed E-state index contributed by atoms with van der Waals surface area (Å²) in [6.07, 6.45) is -4.61. The van der Waals surface area contributed by atoms with Crippen LogP contribution >= 0.6 is 0 Å². The smallest absolute Gasteiger partial charge is 0.350 e. The highest BCUT2D eigenvalue weighted by Crippen LogP contribution is 2.31. The van der Waals surface area contributed by atoms with Gasteiger partial charge in [-0.3, -0.25) is 0 Å². The minimum atomic E-state index is -4.61. The van der Waals surface area contributed by atoms with Crippen LogP contribution in [0.2, 0.25) is 0 Å². The van der Waals surface area contributed by atoms with Crippen molar-refractivity contribution in [2.45, 2.75) is 32.5 Å². The Kier molecular flexibility index (Phi) is 4.64. The number of nitrogens with one attached hydrogen (secondary N) is 2. The van der Waals surface area contributed by atoms with Gasteiger partial charge in [-0.2, -0.15) is 23.4 Å². The summed E-state index contributed by atoms with van der Waals surface area (Å²) >= 11 is 0. The van der Waals surface area contributed by atoms with Gasteiger partial charge in [0.1, 0.15) is 11.9 Å². The average Bonchev–Trinajstić information content (AvgIpc) is 2.45.